The minimum absolute atomic E-state index is 0.337. The molecule has 1 heterocycles. The standard InChI is InChI=1S/C12H19BN4O2/c1-12(2,3)19-11(18)15-6-4-5-8-10(14)16-7-9(13)17-8/h7H,4-6H2,1-3H3,(H2,14,16)(H,15,18). The van der Waals surface area contributed by atoms with Gasteiger partial charge in [0.1, 0.15) is 19.3 Å². The molecule has 0 aromatic carbocycles. The fraction of sp³-hybridized carbons (Fsp3) is 0.583. The number of nitrogens with two attached hydrogens (primary N) is 1. The van der Waals surface area contributed by atoms with Crippen molar-refractivity contribution in [2.75, 3.05) is 12.3 Å². The first kappa shape index (κ1) is 15.3. The van der Waals surface area contributed by atoms with E-state index < -0.39 is 11.7 Å². The molecule has 0 unspecified atom stereocenters. The van der Waals surface area contributed by atoms with E-state index >= 15 is 0 Å². The lowest BCUT2D eigenvalue weighted by atomic mass is 10.1. The summed E-state index contributed by atoms with van der Waals surface area (Å²) in [5, 5.41) is 2.66. The Morgan fingerprint density at radius 3 is 2.84 bits per heavy atom. The lowest BCUT2D eigenvalue weighted by Gasteiger charge is -2.19. The highest BCUT2D eigenvalue weighted by Crippen LogP contribution is 2.07. The van der Waals surface area contributed by atoms with Crippen molar-refractivity contribution in [2.45, 2.75) is 39.2 Å². The topological polar surface area (TPSA) is 90.1 Å². The molecule has 0 saturated carbocycles. The number of hydrogen-bond donors (Lipinski definition) is 2. The number of nitrogens with zero attached hydrogens (tertiary/aromatic N) is 2. The highest BCUT2D eigenvalue weighted by molar-refractivity contribution is 6.30. The summed E-state index contributed by atoms with van der Waals surface area (Å²) < 4.78 is 5.11. The van der Waals surface area contributed by atoms with Crippen molar-refractivity contribution in [3.8, 4) is 0 Å². The molecule has 1 aromatic rings. The summed E-state index contributed by atoms with van der Waals surface area (Å²) in [5.41, 5.74) is 6.16. The largest absolute Gasteiger partial charge is 0.444 e. The van der Waals surface area contributed by atoms with E-state index in [0.29, 0.717) is 36.5 Å². The van der Waals surface area contributed by atoms with Gasteiger partial charge in [0.15, 0.2) is 0 Å². The van der Waals surface area contributed by atoms with Crippen molar-refractivity contribution in [1.29, 1.82) is 0 Å². The van der Waals surface area contributed by atoms with Crippen molar-refractivity contribution in [2.24, 2.45) is 0 Å². The molecule has 19 heavy (non-hydrogen) atoms. The minimum atomic E-state index is -0.492. The van der Waals surface area contributed by atoms with Crippen molar-refractivity contribution < 1.29 is 9.53 Å². The summed E-state index contributed by atoms with van der Waals surface area (Å²) in [6.45, 7) is 5.92. The maximum atomic E-state index is 11.4. The third-order valence-corrected chi connectivity index (χ3v) is 2.15. The molecule has 6 nitrogen and oxygen atoms in total. The molecule has 102 valence electrons. The highest BCUT2D eigenvalue weighted by atomic mass is 16.6. The van der Waals surface area contributed by atoms with Crippen LogP contribution in [0.3, 0.4) is 0 Å². The van der Waals surface area contributed by atoms with Crippen LogP contribution in [-0.2, 0) is 11.2 Å². The molecular weight excluding hydrogens is 243 g/mol. The van der Waals surface area contributed by atoms with Gasteiger partial charge in [0.05, 0.1) is 5.69 Å². The van der Waals surface area contributed by atoms with Crippen LogP contribution < -0.4 is 16.6 Å². The van der Waals surface area contributed by atoms with Crippen LogP contribution in [0.15, 0.2) is 6.20 Å². The molecule has 1 rings (SSSR count). The molecule has 1 aromatic heterocycles. The Bertz CT molecular complexity index is 446. The second-order valence-corrected chi connectivity index (χ2v) is 5.16. The van der Waals surface area contributed by atoms with Gasteiger partial charge in [-0.3, -0.25) is 4.98 Å². The quantitative estimate of drug-likeness (QED) is 0.602. The smallest absolute Gasteiger partial charge is 0.407 e. The molecule has 0 spiro atoms. The Balaban J connectivity index is 2.31. The van der Waals surface area contributed by atoms with Gasteiger partial charge in [-0.25, -0.2) is 9.78 Å². The van der Waals surface area contributed by atoms with Crippen LogP contribution in [0.2, 0.25) is 0 Å². The van der Waals surface area contributed by atoms with Crippen LogP contribution in [0.4, 0.5) is 10.6 Å². The number of nitrogen functional groups attached to an aromatic ring is 1. The van der Waals surface area contributed by atoms with Gasteiger partial charge in [0.25, 0.3) is 0 Å². The number of ether oxygens (including phenoxy) is 1. The number of rotatable bonds is 4. The van der Waals surface area contributed by atoms with Crippen molar-refractivity contribution >= 4 is 25.4 Å². The molecule has 0 fully saturated rings. The van der Waals surface area contributed by atoms with E-state index in [9.17, 15) is 4.79 Å². The SMILES string of the molecule is [B]c1cnc(N)c(CCCNC(=O)OC(C)(C)C)n1. The summed E-state index contributed by atoms with van der Waals surface area (Å²) in [6, 6.07) is 0. The normalized spacial score (nSPS) is 11.1. The van der Waals surface area contributed by atoms with E-state index in [4.69, 9.17) is 18.3 Å². The number of anilines is 1. The lowest BCUT2D eigenvalue weighted by molar-refractivity contribution is 0.0527. The van der Waals surface area contributed by atoms with E-state index in [0.717, 1.165) is 0 Å². The van der Waals surface area contributed by atoms with Gasteiger partial charge in [-0.15, -0.1) is 0 Å². The molecule has 0 atom stereocenters. The Morgan fingerprint density at radius 2 is 2.21 bits per heavy atom. The van der Waals surface area contributed by atoms with Crippen LogP contribution in [0.5, 0.6) is 0 Å². The molecule has 1 amide bonds. The van der Waals surface area contributed by atoms with E-state index in [1.54, 1.807) is 0 Å². The van der Waals surface area contributed by atoms with Gasteiger partial charge in [-0.2, -0.15) is 0 Å². The number of nitrogens with one attached hydrogen (secondary N) is 1. The van der Waals surface area contributed by atoms with Crippen molar-refractivity contribution in [3.05, 3.63) is 11.9 Å². The second kappa shape index (κ2) is 6.40. The third-order valence-electron chi connectivity index (χ3n) is 2.15. The summed E-state index contributed by atoms with van der Waals surface area (Å²) in [5.74, 6) is 0.367. The number of hydrogen-bond acceptors (Lipinski definition) is 5. The Hall–Kier alpha value is -1.79. The molecule has 0 bridgehead atoms. The maximum Gasteiger partial charge on any atom is 0.407 e. The zero-order chi connectivity index (χ0) is 14.5. The molecule has 3 N–H and O–H groups in total. The minimum Gasteiger partial charge on any atom is -0.444 e. The number of carbonyl (C=O) groups is 1. The van der Waals surface area contributed by atoms with Crippen LogP contribution in [0, 0.1) is 0 Å². The van der Waals surface area contributed by atoms with E-state index in [2.05, 4.69) is 15.3 Å². The fourth-order valence-corrected chi connectivity index (χ4v) is 1.40. The zero-order valence-electron chi connectivity index (χ0n) is 11.6. The van der Waals surface area contributed by atoms with Gasteiger partial charge in [-0.05, 0) is 33.6 Å². The maximum absolute atomic E-state index is 11.4. The van der Waals surface area contributed by atoms with Gasteiger partial charge in [0.2, 0.25) is 0 Å². The average Bonchev–Trinajstić information content (AvgIpc) is 2.26. The van der Waals surface area contributed by atoms with Gasteiger partial charge >= 0.3 is 6.09 Å². The van der Waals surface area contributed by atoms with Crippen LogP contribution in [-0.4, -0.2) is 36.1 Å². The molecule has 0 aliphatic carbocycles. The lowest BCUT2D eigenvalue weighted by Crippen LogP contribution is -2.33. The Labute approximate surface area is 114 Å². The van der Waals surface area contributed by atoms with Gasteiger partial charge in [-0.1, -0.05) is 0 Å². The molecule has 0 saturated heterocycles. The fourth-order valence-electron chi connectivity index (χ4n) is 1.40. The summed E-state index contributed by atoms with van der Waals surface area (Å²) >= 11 is 0. The molecule has 7 heteroatoms. The molecule has 2 radical (unpaired) electrons. The first-order chi connectivity index (χ1) is 8.78. The summed E-state index contributed by atoms with van der Waals surface area (Å²) in [4.78, 5) is 19.4. The predicted octanol–water partition coefficient (Wildman–Crippen LogP) is 0.310. The van der Waals surface area contributed by atoms with Crippen molar-refractivity contribution in [1.82, 2.24) is 15.3 Å². The van der Waals surface area contributed by atoms with Crippen LogP contribution in [0.25, 0.3) is 0 Å². The predicted molar refractivity (Wildman–Crippen MR) is 74.4 cm³/mol. The Kier molecular flexibility index (Phi) is 5.15. The molecule has 0 aliphatic rings. The number of carbonyl (C=O) groups excluding carboxylic acids is 1. The van der Waals surface area contributed by atoms with Gasteiger partial charge in [0, 0.05) is 18.3 Å². The Morgan fingerprint density at radius 1 is 1.53 bits per heavy atom. The number of aryl methyl sites for hydroxylation is 1. The molecular formula is C12H19BN4O2. The van der Waals surface area contributed by atoms with E-state index in [1.165, 1.54) is 6.20 Å². The highest BCUT2D eigenvalue weighted by Gasteiger charge is 2.15. The van der Waals surface area contributed by atoms with Crippen LogP contribution >= 0.6 is 0 Å². The first-order valence-electron chi connectivity index (χ1n) is 6.11. The first-order valence-corrected chi connectivity index (χ1v) is 6.11. The van der Waals surface area contributed by atoms with E-state index in [-0.39, 0.29) is 0 Å². The van der Waals surface area contributed by atoms with Gasteiger partial charge < -0.3 is 15.8 Å². The van der Waals surface area contributed by atoms with Crippen molar-refractivity contribution in [3.63, 3.8) is 0 Å². The van der Waals surface area contributed by atoms with Crippen LogP contribution in [0.1, 0.15) is 32.9 Å². The average molecular weight is 262 g/mol. The third kappa shape index (κ3) is 6.08. The van der Waals surface area contributed by atoms with E-state index in [1.807, 2.05) is 20.8 Å². The monoisotopic (exact) mass is 262 g/mol. The summed E-state index contributed by atoms with van der Waals surface area (Å²) in [7, 11) is 5.53. The summed E-state index contributed by atoms with van der Waals surface area (Å²) in [6.07, 6.45) is 2.26. The number of amides is 1. The second-order valence-electron chi connectivity index (χ2n) is 5.16. The number of aromatic nitrogens is 2. The molecule has 0 aliphatic heterocycles. The zero-order valence-corrected chi connectivity index (χ0v) is 11.6. The number of alkyl carbamates (subject to hydrolysis) is 1.